The smallest absolute Gasteiger partial charge is 0.158 e. The van der Waals surface area contributed by atoms with E-state index < -0.39 is 26.5 Å². The molecular weight excluding hydrogens is 184 g/mol. The molecule has 0 aliphatic carbocycles. The Morgan fingerprint density at radius 1 is 1.17 bits per heavy atom. The second kappa shape index (κ2) is 2.65. The number of benzene rings is 1. The monoisotopic (exact) mass is 189 g/mol. The van der Waals surface area contributed by atoms with Crippen LogP contribution in [0.2, 0.25) is 0 Å². The molecule has 1 rings (SSSR count). The fraction of sp³-hybridized carbons (Fsp3) is 0. The van der Waals surface area contributed by atoms with Crippen molar-refractivity contribution in [1.29, 1.82) is 0 Å². The number of aromatic hydroxyl groups is 2. The Labute approximate surface area is 68.6 Å². The fourth-order valence-corrected chi connectivity index (χ4v) is 1.15. The van der Waals surface area contributed by atoms with Gasteiger partial charge >= 0.3 is 0 Å². The molecule has 0 fully saturated rings. The SMILES string of the molecule is O=S(=O)([O-])c1ccc(O)c(O)c1. The zero-order valence-electron chi connectivity index (χ0n) is 5.76. The predicted octanol–water partition coefficient (Wildman–Crippen LogP) is 0.00190. The van der Waals surface area contributed by atoms with Crippen LogP contribution in [-0.4, -0.2) is 23.2 Å². The minimum atomic E-state index is -4.56. The quantitative estimate of drug-likeness (QED) is 0.478. The third kappa shape index (κ3) is 1.66. The summed E-state index contributed by atoms with van der Waals surface area (Å²) in [6.07, 6.45) is 0. The van der Waals surface area contributed by atoms with Gasteiger partial charge in [-0.2, -0.15) is 0 Å². The molecule has 0 unspecified atom stereocenters. The molecule has 1 aromatic rings. The first-order valence-corrected chi connectivity index (χ1v) is 4.30. The van der Waals surface area contributed by atoms with Crippen molar-refractivity contribution in [1.82, 2.24) is 0 Å². The number of rotatable bonds is 1. The second-order valence-corrected chi connectivity index (χ2v) is 3.48. The van der Waals surface area contributed by atoms with Crippen molar-refractivity contribution in [3.63, 3.8) is 0 Å². The molecule has 0 amide bonds. The summed E-state index contributed by atoms with van der Waals surface area (Å²) in [7, 11) is -4.56. The largest absolute Gasteiger partial charge is 0.744 e. The van der Waals surface area contributed by atoms with Crippen molar-refractivity contribution in [2.75, 3.05) is 0 Å². The molecule has 5 nitrogen and oxygen atoms in total. The van der Waals surface area contributed by atoms with E-state index >= 15 is 0 Å². The number of hydrogen-bond donors (Lipinski definition) is 2. The summed E-state index contributed by atoms with van der Waals surface area (Å²) in [4.78, 5) is -0.571. The molecular formula is C6H5O5S-. The Morgan fingerprint density at radius 3 is 2.17 bits per heavy atom. The average Bonchev–Trinajstić information content (AvgIpc) is 1.92. The van der Waals surface area contributed by atoms with Crippen molar-refractivity contribution in [2.24, 2.45) is 0 Å². The van der Waals surface area contributed by atoms with Crippen molar-refractivity contribution >= 4 is 10.1 Å². The van der Waals surface area contributed by atoms with Crippen LogP contribution < -0.4 is 0 Å². The topological polar surface area (TPSA) is 97.7 Å². The number of hydrogen-bond acceptors (Lipinski definition) is 5. The van der Waals surface area contributed by atoms with E-state index in [0.717, 1.165) is 12.1 Å². The number of phenols is 2. The molecule has 0 saturated heterocycles. The molecule has 66 valence electrons. The Hall–Kier alpha value is -1.27. The van der Waals surface area contributed by atoms with Crippen molar-refractivity contribution in [2.45, 2.75) is 4.90 Å². The van der Waals surface area contributed by atoms with E-state index in [0.29, 0.717) is 6.07 Å². The Morgan fingerprint density at radius 2 is 1.75 bits per heavy atom. The van der Waals surface area contributed by atoms with Gasteiger partial charge in [-0.1, -0.05) is 0 Å². The van der Waals surface area contributed by atoms with Crippen LogP contribution in [0.5, 0.6) is 11.5 Å². The molecule has 0 heterocycles. The van der Waals surface area contributed by atoms with Gasteiger partial charge in [0.25, 0.3) is 0 Å². The van der Waals surface area contributed by atoms with E-state index in [9.17, 15) is 13.0 Å². The summed E-state index contributed by atoms with van der Waals surface area (Å²) in [6.45, 7) is 0. The van der Waals surface area contributed by atoms with Crippen molar-refractivity contribution in [3.8, 4) is 11.5 Å². The molecule has 0 aliphatic rings. The predicted molar refractivity (Wildman–Crippen MR) is 37.7 cm³/mol. The molecule has 0 radical (unpaired) electrons. The fourth-order valence-electron chi connectivity index (χ4n) is 0.659. The average molecular weight is 189 g/mol. The van der Waals surface area contributed by atoms with E-state index in [1.54, 1.807) is 0 Å². The molecule has 1 aromatic carbocycles. The van der Waals surface area contributed by atoms with Gasteiger partial charge in [0.05, 0.1) is 4.90 Å². The highest BCUT2D eigenvalue weighted by Gasteiger charge is 2.04. The molecule has 6 heteroatoms. The molecule has 2 N–H and O–H groups in total. The summed E-state index contributed by atoms with van der Waals surface area (Å²) in [5.74, 6) is -1.10. The van der Waals surface area contributed by atoms with Gasteiger partial charge in [-0.15, -0.1) is 0 Å². The first kappa shape index (κ1) is 8.82. The van der Waals surface area contributed by atoms with Crippen LogP contribution in [0.25, 0.3) is 0 Å². The molecule has 0 aromatic heterocycles. The maximum Gasteiger partial charge on any atom is 0.158 e. The van der Waals surface area contributed by atoms with Crippen LogP contribution in [0.15, 0.2) is 23.1 Å². The van der Waals surface area contributed by atoms with Crippen LogP contribution in [0.3, 0.4) is 0 Å². The van der Waals surface area contributed by atoms with Gasteiger partial charge in [0, 0.05) is 6.07 Å². The van der Waals surface area contributed by atoms with Crippen molar-refractivity contribution in [3.05, 3.63) is 18.2 Å². The van der Waals surface area contributed by atoms with Crippen LogP contribution in [0.1, 0.15) is 0 Å². The van der Waals surface area contributed by atoms with Crippen LogP contribution in [0.4, 0.5) is 0 Å². The third-order valence-corrected chi connectivity index (χ3v) is 2.07. The third-order valence-electron chi connectivity index (χ3n) is 1.24. The normalized spacial score (nSPS) is 11.4. The maximum atomic E-state index is 10.3. The maximum absolute atomic E-state index is 10.3. The van der Waals surface area contributed by atoms with Crippen LogP contribution in [0, 0.1) is 0 Å². The van der Waals surface area contributed by atoms with Gasteiger partial charge < -0.3 is 14.8 Å². The second-order valence-electron chi connectivity index (χ2n) is 2.10. The number of phenolic OH excluding ortho intramolecular Hbond substituents is 2. The zero-order chi connectivity index (χ0) is 9.35. The Balaban J connectivity index is 3.33. The lowest BCUT2D eigenvalue weighted by atomic mass is 10.3. The minimum absolute atomic E-state index is 0.470. The van der Waals surface area contributed by atoms with Crippen LogP contribution in [-0.2, 0) is 10.1 Å². The van der Waals surface area contributed by atoms with E-state index in [1.807, 2.05) is 0 Å². The zero-order valence-corrected chi connectivity index (χ0v) is 6.58. The first-order chi connectivity index (χ1) is 5.41. The highest BCUT2D eigenvalue weighted by Crippen LogP contribution is 2.26. The van der Waals surface area contributed by atoms with E-state index in [1.165, 1.54) is 0 Å². The standard InChI is InChI=1S/C6H6O5S/c7-5-2-1-4(3-6(5)8)12(9,10)11/h1-3,7-8H,(H,9,10,11)/p-1. The lowest BCUT2D eigenvalue weighted by Gasteiger charge is -2.06. The Kier molecular flexibility index (Phi) is 1.95. The molecule has 0 spiro atoms. The van der Waals surface area contributed by atoms with E-state index in [2.05, 4.69) is 0 Å². The summed E-state index contributed by atoms with van der Waals surface area (Å²) in [6, 6.07) is 2.54. The highest BCUT2D eigenvalue weighted by molar-refractivity contribution is 7.85. The Bertz CT molecular complexity index is 394. The minimum Gasteiger partial charge on any atom is -0.744 e. The van der Waals surface area contributed by atoms with E-state index in [4.69, 9.17) is 10.2 Å². The molecule has 12 heavy (non-hydrogen) atoms. The van der Waals surface area contributed by atoms with Crippen LogP contribution >= 0.6 is 0 Å². The first-order valence-electron chi connectivity index (χ1n) is 2.89. The van der Waals surface area contributed by atoms with Gasteiger partial charge in [-0.05, 0) is 12.1 Å². The van der Waals surface area contributed by atoms with Gasteiger partial charge in [-0.3, -0.25) is 0 Å². The van der Waals surface area contributed by atoms with Crippen molar-refractivity contribution < 1.29 is 23.2 Å². The lowest BCUT2D eigenvalue weighted by Crippen LogP contribution is -1.97. The van der Waals surface area contributed by atoms with Gasteiger partial charge in [0.2, 0.25) is 0 Å². The van der Waals surface area contributed by atoms with Gasteiger partial charge in [-0.25, -0.2) is 8.42 Å². The summed E-state index contributed by atoms with van der Waals surface area (Å²) in [5.41, 5.74) is 0. The van der Waals surface area contributed by atoms with Gasteiger partial charge in [0.1, 0.15) is 10.1 Å². The van der Waals surface area contributed by atoms with E-state index in [-0.39, 0.29) is 0 Å². The lowest BCUT2D eigenvalue weighted by molar-refractivity contribution is 0.401. The summed E-state index contributed by atoms with van der Waals surface area (Å²) < 4.78 is 31.0. The highest BCUT2D eigenvalue weighted by atomic mass is 32.2. The molecule has 0 aliphatic heterocycles. The summed E-state index contributed by atoms with van der Waals surface area (Å²) >= 11 is 0. The summed E-state index contributed by atoms with van der Waals surface area (Å²) in [5, 5.41) is 17.6. The molecule has 0 saturated carbocycles. The molecule has 0 bridgehead atoms. The molecule has 0 atom stereocenters. The van der Waals surface area contributed by atoms with Gasteiger partial charge in [0.15, 0.2) is 11.5 Å².